The molecule has 0 aliphatic rings. The maximum absolute atomic E-state index is 5.96. The number of pyridine rings is 1. The summed E-state index contributed by atoms with van der Waals surface area (Å²) < 4.78 is 1.93. The zero-order valence-electron chi connectivity index (χ0n) is 14.5. The van der Waals surface area contributed by atoms with Gasteiger partial charge in [-0.2, -0.15) is 0 Å². The van der Waals surface area contributed by atoms with Gasteiger partial charge in [0.15, 0.2) is 5.96 Å². The van der Waals surface area contributed by atoms with Crippen molar-refractivity contribution in [1.29, 1.82) is 0 Å². The third-order valence-electron chi connectivity index (χ3n) is 3.95. The Labute approximate surface area is 147 Å². The Morgan fingerprint density at radius 3 is 2.48 bits per heavy atom. The number of aryl methyl sites for hydroxylation is 2. The molecular weight excluding hydrogens is 312 g/mol. The van der Waals surface area contributed by atoms with E-state index in [9.17, 15) is 0 Å². The van der Waals surface area contributed by atoms with E-state index >= 15 is 0 Å². The summed E-state index contributed by atoms with van der Waals surface area (Å²) in [5.74, 6) is 2.13. The molecule has 0 fully saturated rings. The topological polar surface area (TPSA) is 81.1 Å². The molecule has 0 unspecified atom stereocenters. The molecule has 1 aromatic carbocycles. The first-order chi connectivity index (χ1) is 12.2. The van der Waals surface area contributed by atoms with E-state index in [2.05, 4.69) is 39.3 Å². The molecule has 0 spiro atoms. The summed E-state index contributed by atoms with van der Waals surface area (Å²) in [6, 6.07) is 12.1. The number of benzene rings is 1. The molecule has 3 N–H and O–H groups in total. The molecule has 2 heterocycles. The monoisotopic (exact) mass is 334 g/mol. The minimum atomic E-state index is 0.388. The predicted molar refractivity (Wildman–Crippen MR) is 101 cm³/mol. The van der Waals surface area contributed by atoms with E-state index in [0.29, 0.717) is 12.5 Å². The molecule has 3 aromatic rings. The molecular formula is C19H22N6. The van der Waals surface area contributed by atoms with Crippen LogP contribution in [0.4, 0.5) is 5.69 Å². The first-order valence-electron chi connectivity index (χ1n) is 8.27. The van der Waals surface area contributed by atoms with Crippen LogP contribution < -0.4 is 11.1 Å². The van der Waals surface area contributed by atoms with Crippen molar-refractivity contribution in [3.05, 3.63) is 71.9 Å². The fourth-order valence-electron chi connectivity index (χ4n) is 2.46. The van der Waals surface area contributed by atoms with Crippen LogP contribution in [0.2, 0.25) is 0 Å². The van der Waals surface area contributed by atoms with Crippen molar-refractivity contribution in [2.45, 2.75) is 26.8 Å². The number of imidazole rings is 1. The number of nitrogens with two attached hydrogens (primary N) is 1. The smallest absolute Gasteiger partial charge is 0.193 e. The molecule has 0 saturated heterocycles. The van der Waals surface area contributed by atoms with Gasteiger partial charge in [-0.15, -0.1) is 0 Å². The molecule has 25 heavy (non-hydrogen) atoms. The summed E-state index contributed by atoms with van der Waals surface area (Å²) in [4.78, 5) is 13.0. The van der Waals surface area contributed by atoms with Crippen LogP contribution in [0.3, 0.4) is 0 Å². The summed E-state index contributed by atoms with van der Waals surface area (Å²) >= 11 is 0. The second kappa shape index (κ2) is 7.61. The Bertz CT molecular complexity index is 846. The van der Waals surface area contributed by atoms with E-state index in [4.69, 9.17) is 5.73 Å². The fraction of sp³-hybridized carbons (Fsp3) is 0.211. The normalized spacial score (nSPS) is 11.5. The average molecular weight is 334 g/mol. The summed E-state index contributed by atoms with van der Waals surface area (Å²) in [5.41, 5.74) is 9.18. The summed E-state index contributed by atoms with van der Waals surface area (Å²) in [5, 5.41) is 3.10. The van der Waals surface area contributed by atoms with Crippen molar-refractivity contribution in [3.63, 3.8) is 0 Å². The Morgan fingerprint density at radius 1 is 1.12 bits per heavy atom. The highest BCUT2D eigenvalue weighted by atomic mass is 15.1. The van der Waals surface area contributed by atoms with Crippen LogP contribution in [0.5, 0.6) is 0 Å². The van der Waals surface area contributed by atoms with Crippen LogP contribution >= 0.6 is 0 Å². The number of aliphatic imine (C=N–C) groups is 1. The van der Waals surface area contributed by atoms with Gasteiger partial charge in [0.2, 0.25) is 0 Å². The lowest BCUT2D eigenvalue weighted by molar-refractivity contribution is 0.922. The molecule has 0 saturated carbocycles. The fourth-order valence-corrected chi connectivity index (χ4v) is 2.46. The molecule has 0 aliphatic heterocycles. The van der Waals surface area contributed by atoms with E-state index in [0.717, 1.165) is 29.3 Å². The van der Waals surface area contributed by atoms with Gasteiger partial charge in [-0.3, -0.25) is 4.57 Å². The van der Waals surface area contributed by atoms with E-state index in [-0.39, 0.29) is 0 Å². The van der Waals surface area contributed by atoms with E-state index < -0.39 is 0 Å². The second-order valence-corrected chi connectivity index (χ2v) is 5.75. The quantitative estimate of drug-likeness (QED) is 0.555. The van der Waals surface area contributed by atoms with Gasteiger partial charge < -0.3 is 11.1 Å². The average Bonchev–Trinajstić information content (AvgIpc) is 3.07. The maximum atomic E-state index is 5.96. The molecule has 6 nitrogen and oxygen atoms in total. The molecule has 0 bridgehead atoms. The van der Waals surface area contributed by atoms with Crippen molar-refractivity contribution in [2.24, 2.45) is 10.7 Å². The number of anilines is 1. The zero-order chi connectivity index (χ0) is 17.6. The van der Waals surface area contributed by atoms with Gasteiger partial charge in [0.05, 0.1) is 6.54 Å². The maximum Gasteiger partial charge on any atom is 0.193 e. The van der Waals surface area contributed by atoms with Crippen LogP contribution in [0.15, 0.2) is 60.0 Å². The van der Waals surface area contributed by atoms with E-state index in [1.807, 2.05) is 48.1 Å². The Kier molecular flexibility index (Phi) is 5.09. The third-order valence-corrected chi connectivity index (χ3v) is 3.95. The highest BCUT2D eigenvalue weighted by molar-refractivity contribution is 5.92. The molecule has 6 heteroatoms. The zero-order valence-corrected chi connectivity index (χ0v) is 14.5. The van der Waals surface area contributed by atoms with Crippen LogP contribution in [0.1, 0.15) is 23.9 Å². The Morgan fingerprint density at radius 2 is 1.88 bits per heavy atom. The largest absolute Gasteiger partial charge is 0.370 e. The summed E-state index contributed by atoms with van der Waals surface area (Å²) in [6.07, 6.45) is 6.48. The van der Waals surface area contributed by atoms with E-state index in [1.54, 1.807) is 6.20 Å². The highest BCUT2D eigenvalue weighted by Crippen LogP contribution is 2.11. The first-order valence-corrected chi connectivity index (χ1v) is 8.27. The predicted octanol–water partition coefficient (Wildman–Crippen LogP) is 3.06. The van der Waals surface area contributed by atoms with Gasteiger partial charge in [0, 0.05) is 24.3 Å². The van der Waals surface area contributed by atoms with Crippen LogP contribution in [0, 0.1) is 6.92 Å². The van der Waals surface area contributed by atoms with Crippen molar-refractivity contribution < 1.29 is 0 Å². The number of hydrogen-bond acceptors (Lipinski definition) is 3. The SMILES string of the molecule is CCc1ccc(NC(N)=NCc2ccc(-n3ccnc3C)nc2)cc1. The van der Waals surface area contributed by atoms with Crippen LogP contribution in [0.25, 0.3) is 5.82 Å². The molecule has 0 amide bonds. The number of hydrogen-bond donors (Lipinski definition) is 2. The molecule has 2 aromatic heterocycles. The standard InChI is InChI=1S/C19H22N6/c1-3-15-4-7-17(8-5-15)24-19(20)23-13-16-6-9-18(22-12-16)25-11-10-21-14(25)2/h4-12H,3,13H2,1-2H3,(H3,20,23,24). The minimum absolute atomic E-state index is 0.388. The summed E-state index contributed by atoms with van der Waals surface area (Å²) in [7, 11) is 0. The number of guanidine groups is 1. The molecule has 3 rings (SSSR count). The van der Waals surface area contributed by atoms with Gasteiger partial charge in [-0.05, 0) is 42.7 Å². The third kappa shape index (κ3) is 4.23. The number of rotatable bonds is 5. The lowest BCUT2D eigenvalue weighted by Gasteiger charge is -2.07. The lowest BCUT2D eigenvalue weighted by atomic mass is 10.1. The van der Waals surface area contributed by atoms with Gasteiger partial charge in [-0.1, -0.05) is 25.1 Å². The molecule has 0 radical (unpaired) electrons. The molecule has 0 atom stereocenters. The first kappa shape index (κ1) is 16.7. The van der Waals surface area contributed by atoms with Gasteiger partial charge >= 0.3 is 0 Å². The van der Waals surface area contributed by atoms with Crippen LogP contribution in [-0.4, -0.2) is 20.5 Å². The van der Waals surface area contributed by atoms with Gasteiger partial charge in [0.25, 0.3) is 0 Å². The van der Waals surface area contributed by atoms with Crippen molar-refractivity contribution in [2.75, 3.05) is 5.32 Å². The van der Waals surface area contributed by atoms with E-state index in [1.165, 1.54) is 5.56 Å². The Balaban J connectivity index is 1.61. The second-order valence-electron chi connectivity index (χ2n) is 5.75. The van der Waals surface area contributed by atoms with Crippen LogP contribution in [-0.2, 0) is 13.0 Å². The van der Waals surface area contributed by atoms with Gasteiger partial charge in [-0.25, -0.2) is 15.0 Å². The minimum Gasteiger partial charge on any atom is -0.370 e. The molecule has 128 valence electrons. The van der Waals surface area contributed by atoms with Crippen molar-refractivity contribution >= 4 is 11.6 Å². The highest BCUT2D eigenvalue weighted by Gasteiger charge is 2.02. The van der Waals surface area contributed by atoms with Gasteiger partial charge in [0.1, 0.15) is 11.6 Å². The van der Waals surface area contributed by atoms with Crippen molar-refractivity contribution in [1.82, 2.24) is 14.5 Å². The summed E-state index contributed by atoms with van der Waals surface area (Å²) in [6.45, 7) is 4.55. The van der Waals surface area contributed by atoms with Crippen molar-refractivity contribution in [3.8, 4) is 5.82 Å². The Hall–Kier alpha value is -3.15. The lowest BCUT2D eigenvalue weighted by Crippen LogP contribution is -2.22. The molecule has 0 aliphatic carbocycles. The number of nitrogens with zero attached hydrogens (tertiary/aromatic N) is 4. The number of aromatic nitrogens is 3. The number of nitrogens with one attached hydrogen (secondary N) is 1.